The van der Waals surface area contributed by atoms with E-state index in [1.54, 1.807) is 7.11 Å². The van der Waals surface area contributed by atoms with Crippen LogP contribution in [0.15, 0.2) is 36.4 Å². The van der Waals surface area contributed by atoms with Crippen molar-refractivity contribution in [2.24, 2.45) is 0 Å². The molecule has 1 aliphatic rings. The van der Waals surface area contributed by atoms with Gasteiger partial charge in [-0.1, -0.05) is 31.4 Å². The first-order valence-corrected chi connectivity index (χ1v) is 8.63. The summed E-state index contributed by atoms with van der Waals surface area (Å²) in [6.45, 7) is 0.0858. The topological polar surface area (TPSA) is 38.8 Å². The van der Waals surface area contributed by atoms with E-state index in [1.165, 1.54) is 19.3 Å². The van der Waals surface area contributed by atoms with E-state index in [9.17, 15) is 4.79 Å². The highest BCUT2D eigenvalue weighted by atomic mass is 16.5. The van der Waals surface area contributed by atoms with Gasteiger partial charge in [0.25, 0.3) is 5.91 Å². The van der Waals surface area contributed by atoms with Crippen molar-refractivity contribution in [2.45, 2.75) is 38.1 Å². The first kappa shape index (κ1) is 16.6. The first-order chi connectivity index (χ1) is 11.7. The molecule has 0 aliphatic heterocycles. The van der Waals surface area contributed by atoms with Gasteiger partial charge in [-0.05, 0) is 47.9 Å². The van der Waals surface area contributed by atoms with Crippen molar-refractivity contribution in [3.8, 4) is 11.5 Å². The fourth-order valence-electron chi connectivity index (χ4n) is 3.34. The number of nitrogens with zero attached hydrogens (tertiary/aromatic N) is 1. The maximum atomic E-state index is 12.4. The highest BCUT2D eigenvalue weighted by Gasteiger charge is 2.22. The number of hydrogen-bond acceptors (Lipinski definition) is 3. The third-order valence-electron chi connectivity index (χ3n) is 4.90. The number of benzene rings is 2. The van der Waals surface area contributed by atoms with Crippen molar-refractivity contribution in [1.29, 1.82) is 0 Å². The molecule has 0 heterocycles. The van der Waals surface area contributed by atoms with Crippen LogP contribution in [-0.4, -0.2) is 37.6 Å². The van der Waals surface area contributed by atoms with E-state index in [0.717, 1.165) is 29.4 Å². The molecular formula is C20H25NO3. The monoisotopic (exact) mass is 327 g/mol. The molecule has 128 valence electrons. The summed E-state index contributed by atoms with van der Waals surface area (Å²) >= 11 is 0. The van der Waals surface area contributed by atoms with Gasteiger partial charge in [0, 0.05) is 13.1 Å². The van der Waals surface area contributed by atoms with Crippen LogP contribution in [0, 0.1) is 0 Å². The summed E-state index contributed by atoms with van der Waals surface area (Å²) in [5, 5.41) is 2.16. The Kier molecular flexibility index (Phi) is 5.24. The van der Waals surface area contributed by atoms with Crippen molar-refractivity contribution in [1.82, 2.24) is 4.90 Å². The lowest BCUT2D eigenvalue weighted by Crippen LogP contribution is -2.40. The van der Waals surface area contributed by atoms with E-state index in [4.69, 9.17) is 9.47 Å². The molecule has 1 aliphatic carbocycles. The number of carbonyl (C=O) groups excluding carboxylic acids is 1. The van der Waals surface area contributed by atoms with Gasteiger partial charge < -0.3 is 14.4 Å². The maximum Gasteiger partial charge on any atom is 0.260 e. The fourth-order valence-corrected chi connectivity index (χ4v) is 3.34. The maximum absolute atomic E-state index is 12.4. The van der Waals surface area contributed by atoms with Gasteiger partial charge in [0.2, 0.25) is 0 Å². The number of methoxy groups -OCH3 is 1. The van der Waals surface area contributed by atoms with E-state index in [-0.39, 0.29) is 12.5 Å². The number of amides is 1. The van der Waals surface area contributed by atoms with Crippen molar-refractivity contribution in [3.05, 3.63) is 36.4 Å². The molecule has 3 rings (SSSR count). The molecule has 0 bridgehead atoms. The van der Waals surface area contributed by atoms with E-state index in [0.29, 0.717) is 11.8 Å². The lowest BCUT2D eigenvalue weighted by atomic mass is 9.94. The van der Waals surface area contributed by atoms with Crippen molar-refractivity contribution >= 4 is 16.7 Å². The van der Waals surface area contributed by atoms with Crippen LogP contribution in [0.2, 0.25) is 0 Å². The highest BCUT2D eigenvalue weighted by Crippen LogP contribution is 2.25. The molecule has 24 heavy (non-hydrogen) atoms. The molecule has 0 aromatic heterocycles. The molecule has 1 amide bonds. The second kappa shape index (κ2) is 7.56. The summed E-state index contributed by atoms with van der Waals surface area (Å²) in [5.74, 6) is 1.57. The van der Waals surface area contributed by atoms with Crippen LogP contribution in [-0.2, 0) is 4.79 Å². The van der Waals surface area contributed by atoms with Gasteiger partial charge in [0.1, 0.15) is 11.5 Å². The quantitative estimate of drug-likeness (QED) is 0.832. The molecule has 1 saturated carbocycles. The van der Waals surface area contributed by atoms with Crippen LogP contribution in [0.3, 0.4) is 0 Å². The average Bonchev–Trinajstić information content (AvgIpc) is 2.65. The molecule has 0 atom stereocenters. The predicted molar refractivity (Wildman–Crippen MR) is 95.6 cm³/mol. The zero-order valence-electron chi connectivity index (χ0n) is 14.5. The van der Waals surface area contributed by atoms with Gasteiger partial charge in [-0.15, -0.1) is 0 Å². The van der Waals surface area contributed by atoms with E-state index in [2.05, 4.69) is 0 Å². The first-order valence-electron chi connectivity index (χ1n) is 8.63. The molecular weight excluding hydrogens is 302 g/mol. The number of carbonyl (C=O) groups is 1. The molecule has 4 heteroatoms. The summed E-state index contributed by atoms with van der Waals surface area (Å²) in [7, 11) is 3.55. The van der Waals surface area contributed by atoms with Gasteiger partial charge >= 0.3 is 0 Å². The number of rotatable bonds is 5. The Morgan fingerprint density at radius 3 is 2.42 bits per heavy atom. The van der Waals surface area contributed by atoms with Crippen molar-refractivity contribution in [3.63, 3.8) is 0 Å². The Bertz CT molecular complexity index is 707. The highest BCUT2D eigenvalue weighted by molar-refractivity contribution is 5.85. The zero-order valence-corrected chi connectivity index (χ0v) is 14.5. The largest absolute Gasteiger partial charge is 0.497 e. The summed E-state index contributed by atoms with van der Waals surface area (Å²) in [6, 6.07) is 12.1. The van der Waals surface area contributed by atoms with Crippen LogP contribution in [0.1, 0.15) is 32.1 Å². The second-order valence-corrected chi connectivity index (χ2v) is 6.46. The van der Waals surface area contributed by atoms with Gasteiger partial charge in [0.05, 0.1) is 7.11 Å². The molecule has 0 radical (unpaired) electrons. The molecule has 0 N–H and O–H groups in total. The lowest BCUT2D eigenvalue weighted by Gasteiger charge is -2.31. The fraction of sp³-hybridized carbons (Fsp3) is 0.450. The smallest absolute Gasteiger partial charge is 0.260 e. The van der Waals surface area contributed by atoms with Crippen LogP contribution < -0.4 is 9.47 Å². The minimum Gasteiger partial charge on any atom is -0.497 e. The molecule has 4 nitrogen and oxygen atoms in total. The second-order valence-electron chi connectivity index (χ2n) is 6.46. The molecule has 2 aromatic rings. The lowest BCUT2D eigenvalue weighted by molar-refractivity contribution is -0.134. The number of fused-ring (bicyclic) bond motifs is 1. The van der Waals surface area contributed by atoms with Crippen LogP contribution in [0.25, 0.3) is 10.8 Å². The SMILES string of the molecule is COc1ccc2ccc(OCC(=O)N(C)C3CCCCC3)cc2c1. The number of ether oxygens (including phenoxy) is 2. The van der Waals surface area contributed by atoms with E-state index < -0.39 is 0 Å². The summed E-state index contributed by atoms with van der Waals surface area (Å²) in [6.07, 6.45) is 5.94. The molecule has 0 spiro atoms. The van der Waals surface area contributed by atoms with Gasteiger partial charge in [-0.25, -0.2) is 0 Å². The van der Waals surface area contributed by atoms with E-state index in [1.807, 2.05) is 48.3 Å². The van der Waals surface area contributed by atoms with Crippen molar-refractivity contribution in [2.75, 3.05) is 20.8 Å². The zero-order chi connectivity index (χ0) is 16.9. The Hall–Kier alpha value is -2.23. The molecule has 1 fully saturated rings. The normalized spacial score (nSPS) is 15.2. The predicted octanol–water partition coefficient (Wildman–Crippen LogP) is 4.02. The summed E-state index contributed by atoms with van der Waals surface area (Å²) in [5.41, 5.74) is 0. The Morgan fingerprint density at radius 2 is 1.71 bits per heavy atom. The van der Waals surface area contributed by atoms with Gasteiger partial charge in [-0.3, -0.25) is 4.79 Å². The third kappa shape index (κ3) is 3.81. The van der Waals surface area contributed by atoms with Crippen LogP contribution >= 0.6 is 0 Å². The van der Waals surface area contributed by atoms with Gasteiger partial charge in [-0.2, -0.15) is 0 Å². The molecule has 0 saturated heterocycles. The minimum absolute atomic E-state index is 0.0487. The summed E-state index contributed by atoms with van der Waals surface area (Å²) in [4.78, 5) is 14.2. The Morgan fingerprint density at radius 1 is 1.04 bits per heavy atom. The Balaban J connectivity index is 1.63. The van der Waals surface area contributed by atoms with Crippen molar-refractivity contribution < 1.29 is 14.3 Å². The minimum atomic E-state index is 0.0487. The Labute approximate surface area is 143 Å². The van der Waals surface area contributed by atoms with Crippen LogP contribution in [0.4, 0.5) is 0 Å². The average molecular weight is 327 g/mol. The van der Waals surface area contributed by atoms with E-state index >= 15 is 0 Å². The third-order valence-corrected chi connectivity index (χ3v) is 4.90. The molecule has 2 aromatic carbocycles. The van der Waals surface area contributed by atoms with Crippen LogP contribution in [0.5, 0.6) is 11.5 Å². The van der Waals surface area contributed by atoms with Gasteiger partial charge in [0.15, 0.2) is 6.61 Å². The standard InChI is InChI=1S/C20H25NO3/c1-21(17-6-4-3-5-7-17)20(22)14-24-19-11-9-15-8-10-18(23-2)12-16(15)13-19/h8-13,17H,3-7,14H2,1-2H3. The number of likely N-dealkylation sites (N-methyl/N-ethyl adjacent to an activating group) is 1. The molecule has 0 unspecified atom stereocenters. The summed E-state index contributed by atoms with van der Waals surface area (Å²) < 4.78 is 11.0. The number of hydrogen-bond donors (Lipinski definition) is 0.